The van der Waals surface area contributed by atoms with E-state index < -0.39 is 0 Å². The maximum absolute atomic E-state index is 5.68. The van der Waals surface area contributed by atoms with E-state index >= 15 is 0 Å². The smallest absolute Gasteiger partial charge is 0.193 e. The van der Waals surface area contributed by atoms with Crippen LogP contribution in [0, 0.1) is 0 Å². The van der Waals surface area contributed by atoms with Gasteiger partial charge in [0.25, 0.3) is 0 Å². The third kappa shape index (κ3) is 5.21. The molecular weight excluding hydrogens is 495 g/mol. The number of hydrogen-bond donors (Lipinski definition) is 2. The van der Waals surface area contributed by atoms with Crippen LogP contribution in [0.15, 0.2) is 53.8 Å². The summed E-state index contributed by atoms with van der Waals surface area (Å²) in [5.74, 6) is 3.17. The standard InChI is InChI=1S/C21H24N6O2.HI/c1-22-21(23-12-15-4-3-5-17(10-15)20-24-14-25-26-20)27(2)13-16-6-7-18-19(11-16)29-9-8-28-18;/h3-7,10-11,14H,8-9,12-13H2,1-2H3,(H,22,23)(H,24,25,26);1H. The van der Waals surface area contributed by atoms with Crippen LogP contribution in [0.25, 0.3) is 11.4 Å². The van der Waals surface area contributed by atoms with Crippen molar-refractivity contribution < 1.29 is 9.47 Å². The van der Waals surface area contributed by atoms with Gasteiger partial charge in [-0.1, -0.05) is 24.3 Å². The Morgan fingerprint density at radius 2 is 1.97 bits per heavy atom. The molecule has 3 aromatic rings. The van der Waals surface area contributed by atoms with Gasteiger partial charge in [-0.3, -0.25) is 10.1 Å². The van der Waals surface area contributed by atoms with Crippen LogP contribution in [0.2, 0.25) is 0 Å². The van der Waals surface area contributed by atoms with Crippen LogP contribution in [-0.4, -0.2) is 53.3 Å². The molecule has 2 N–H and O–H groups in total. The van der Waals surface area contributed by atoms with Gasteiger partial charge in [-0.15, -0.1) is 24.0 Å². The summed E-state index contributed by atoms with van der Waals surface area (Å²) >= 11 is 0. The zero-order chi connectivity index (χ0) is 20.1. The summed E-state index contributed by atoms with van der Waals surface area (Å²) in [5, 5.41) is 10.2. The third-order valence-electron chi connectivity index (χ3n) is 4.67. The van der Waals surface area contributed by atoms with Gasteiger partial charge in [-0.2, -0.15) is 5.10 Å². The van der Waals surface area contributed by atoms with Gasteiger partial charge < -0.3 is 19.7 Å². The van der Waals surface area contributed by atoms with Crippen LogP contribution in [0.5, 0.6) is 11.5 Å². The highest BCUT2D eigenvalue weighted by Crippen LogP contribution is 2.31. The van der Waals surface area contributed by atoms with Gasteiger partial charge in [0, 0.05) is 32.7 Å². The zero-order valence-corrected chi connectivity index (χ0v) is 19.3. The molecule has 1 aliphatic rings. The van der Waals surface area contributed by atoms with Crippen molar-refractivity contribution in [1.29, 1.82) is 0 Å². The average Bonchev–Trinajstić information content (AvgIpc) is 3.29. The first-order chi connectivity index (χ1) is 14.2. The molecule has 0 fully saturated rings. The maximum atomic E-state index is 5.68. The van der Waals surface area contributed by atoms with Gasteiger partial charge in [-0.25, -0.2) is 4.98 Å². The molecule has 4 rings (SSSR count). The molecule has 8 nitrogen and oxygen atoms in total. The molecule has 0 atom stereocenters. The minimum Gasteiger partial charge on any atom is -0.486 e. The van der Waals surface area contributed by atoms with Gasteiger partial charge in [0.2, 0.25) is 0 Å². The number of benzene rings is 2. The number of aliphatic imine (C=N–C) groups is 1. The molecule has 1 aromatic heterocycles. The van der Waals surface area contributed by atoms with Gasteiger partial charge in [-0.05, 0) is 29.3 Å². The molecule has 2 heterocycles. The normalized spacial score (nSPS) is 12.8. The summed E-state index contributed by atoms with van der Waals surface area (Å²) < 4.78 is 11.3. The zero-order valence-electron chi connectivity index (χ0n) is 17.0. The molecule has 0 amide bonds. The minimum atomic E-state index is 0. The second-order valence-electron chi connectivity index (χ2n) is 6.77. The summed E-state index contributed by atoms with van der Waals surface area (Å²) in [5.41, 5.74) is 3.27. The van der Waals surface area contributed by atoms with Crippen molar-refractivity contribution in [2.45, 2.75) is 13.1 Å². The SMILES string of the molecule is CN=C(NCc1cccc(-c2ncn[nH]2)c1)N(C)Cc1ccc2c(c1)OCCO2.I. The second-order valence-corrected chi connectivity index (χ2v) is 6.77. The Kier molecular flexibility index (Phi) is 7.50. The molecule has 0 spiro atoms. The fraction of sp³-hybridized carbons (Fsp3) is 0.286. The van der Waals surface area contributed by atoms with Crippen LogP contribution < -0.4 is 14.8 Å². The lowest BCUT2D eigenvalue weighted by molar-refractivity contribution is 0.171. The van der Waals surface area contributed by atoms with E-state index in [4.69, 9.17) is 9.47 Å². The van der Waals surface area contributed by atoms with E-state index in [9.17, 15) is 0 Å². The number of nitrogens with one attached hydrogen (secondary N) is 2. The minimum absolute atomic E-state index is 0. The largest absolute Gasteiger partial charge is 0.486 e. The number of ether oxygens (including phenoxy) is 2. The summed E-state index contributed by atoms with van der Waals surface area (Å²) in [4.78, 5) is 10.7. The van der Waals surface area contributed by atoms with Crippen LogP contribution in [0.1, 0.15) is 11.1 Å². The Balaban J connectivity index is 0.00000256. The van der Waals surface area contributed by atoms with E-state index in [0.717, 1.165) is 40.0 Å². The van der Waals surface area contributed by atoms with Crippen LogP contribution >= 0.6 is 24.0 Å². The van der Waals surface area contributed by atoms with Gasteiger partial charge in [0.1, 0.15) is 19.5 Å². The summed E-state index contributed by atoms with van der Waals surface area (Å²) in [6.45, 7) is 2.54. The molecule has 30 heavy (non-hydrogen) atoms. The van der Waals surface area contributed by atoms with E-state index in [1.54, 1.807) is 7.05 Å². The highest BCUT2D eigenvalue weighted by atomic mass is 127. The number of halogens is 1. The van der Waals surface area contributed by atoms with Crippen molar-refractivity contribution in [3.63, 3.8) is 0 Å². The van der Waals surface area contributed by atoms with E-state index in [-0.39, 0.29) is 24.0 Å². The molecule has 0 radical (unpaired) electrons. The molecule has 0 bridgehead atoms. The summed E-state index contributed by atoms with van der Waals surface area (Å²) in [7, 11) is 3.80. The maximum Gasteiger partial charge on any atom is 0.193 e. The monoisotopic (exact) mass is 520 g/mol. The van der Waals surface area contributed by atoms with Crippen molar-refractivity contribution in [3.8, 4) is 22.9 Å². The molecule has 2 aromatic carbocycles. The molecule has 0 saturated heterocycles. The van der Waals surface area contributed by atoms with Crippen molar-refractivity contribution in [2.75, 3.05) is 27.3 Å². The van der Waals surface area contributed by atoms with Crippen LogP contribution in [0.4, 0.5) is 0 Å². The topological polar surface area (TPSA) is 87.7 Å². The summed E-state index contributed by atoms with van der Waals surface area (Å²) in [6.07, 6.45) is 1.51. The van der Waals surface area contributed by atoms with Crippen molar-refractivity contribution in [2.24, 2.45) is 4.99 Å². The summed E-state index contributed by atoms with van der Waals surface area (Å²) in [6, 6.07) is 14.2. The molecule has 158 valence electrons. The van der Waals surface area contributed by atoms with Gasteiger partial charge in [0.15, 0.2) is 23.3 Å². The Morgan fingerprint density at radius 3 is 2.73 bits per heavy atom. The van der Waals surface area contributed by atoms with E-state index in [2.05, 4.69) is 48.6 Å². The molecule has 0 aliphatic carbocycles. The Bertz CT molecular complexity index is 993. The number of hydrogen-bond acceptors (Lipinski definition) is 5. The first-order valence-electron chi connectivity index (χ1n) is 9.48. The lowest BCUT2D eigenvalue weighted by atomic mass is 10.1. The molecule has 9 heteroatoms. The Labute approximate surface area is 192 Å². The highest BCUT2D eigenvalue weighted by molar-refractivity contribution is 14.0. The quantitative estimate of drug-likeness (QED) is 0.306. The predicted molar refractivity (Wildman–Crippen MR) is 126 cm³/mol. The fourth-order valence-corrected chi connectivity index (χ4v) is 3.27. The number of H-pyrrole nitrogens is 1. The Hall–Kier alpha value is -2.82. The number of aromatic amines is 1. The van der Waals surface area contributed by atoms with Crippen LogP contribution in [-0.2, 0) is 13.1 Å². The molecule has 0 saturated carbocycles. The van der Waals surface area contributed by atoms with Gasteiger partial charge in [0.05, 0.1) is 0 Å². The number of aromatic nitrogens is 3. The predicted octanol–water partition coefficient (Wildman–Crippen LogP) is 3.07. The fourth-order valence-electron chi connectivity index (χ4n) is 3.27. The first kappa shape index (κ1) is 21.9. The second kappa shape index (κ2) is 10.3. The molecule has 1 aliphatic heterocycles. The number of rotatable bonds is 5. The lowest BCUT2D eigenvalue weighted by Crippen LogP contribution is -2.38. The molecular formula is C21H25IN6O2. The third-order valence-corrected chi connectivity index (χ3v) is 4.67. The van der Waals surface area contributed by atoms with Gasteiger partial charge >= 0.3 is 0 Å². The van der Waals surface area contributed by atoms with E-state index in [1.807, 2.05) is 31.3 Å². The van der Waals surface area contributed by atoms with E-state index in [0.29, 0.717) is 26.3 Å². The number of guanidine groups is 1. The number of nitrogens with zero attached hydrogens (tertiary/aromatic N) is 4. The van der Waals surface area contributed by atoms with Crippen molar-refractivity contribution in [1.82, 2.24) is 25.4 Å². The lowest BCUT2D eigenvalue weighted by Gasteiger charge is -2.24. The number of fused-ring (bicyclic) bond motifs is 1. The molecule has 0 unspecified atom stereocenters. The van der Waals surface area contributed by atoms with Crippen molar-refractivity contribution in [3.05, 3.63) is 59.9 Å². The van der Waals surface area contributed by atoms with Crippen molar-refractivity contribution >= 4 is 29.9 Å². The first-order valence-corrected chi connectivity index (χ1v) is 9.48. The van der Waals surface area contributed by atoms with Crippen LogP contribution in [0.3, 0.4) is 0 Å². The van der Waals surface area contributed by atoms with E-state index in [1.165, 1.54) is 6.33 Å². The average molecular weight is 520 g/mol. The Morgan fingerprint density at radius 1 is 1.13 bits per heavy atom. The highest BCUT2D eigenvalue weighted by Gasteiger charge is 2.13.